The fraction of sp³-hybridized carbons (Fsp3) is 0.778. The number of morpholine rings is 1. The molecule has 2 heterocycles. The van der Waals surface area contributed by atoms with Gasteiger partial charge in [0.1, 0.15) is 5.01 Å². The van der Waals surface area contributed by atoms with Gasteiger partial charge in [0, 0.05) is 37.1 Å². The Morgan fingerprint density at radius 1 is 1.27 bits per heavy atom. The second-order valence-corrected chi connectivity index (χ2v) is 8.07. The van der Waals surface area contributed by atoms with E-state index in [0.717, 1.165) is 56.1 Å². The van der Waals surface area contributed by atoms with Crippen molar-refractivity contribution >= 4 is 41.3 Å². The molecule has 26 heavy (non-hydrogen) atoms. The molecule has 0 radical (unpaired) electrons. The van der Waals surface area contributed by atoms with Crippen molar-refractivity contribution in [1.29, 1.82) is 0 Å². The molecule has 1 aliphatic heterocycles. The fourth-order valence-corrected chi connectivity index (χ4v) is 3.85. The maximum Gasteiger partial charge on any atom is 0.191 e. The van der Waals surface area contributed by atoms with Crippen LogP contribution >= 0.6 is 35.3 Å². The molecule has 1 aromatic rings. The molecular formula is C18H34IN5OS. The summed E-state index contributed by atoms with van der Waals surface area (Å²) in [5, 5.41) is 7.94. The first-order valence-electron chi connectivity index (χ1n) is 9.28. The summed E-state index contributed by atoms with van der Waals surface area (Å²) in [5.41, 5.74) is 1.11. The van der Waals surface area contributed by atoms with E-state index in [1.165, 1.54) is 4.88 Å². The monoisotopic (exact) mass is 495 g/mol. The molecule has 2 rings (SSSR count). The Morgan fingerprint density at radius 3 is 2.50 bits per heavy atom. The summed E-state index contributed by atoms with van der Waals surface area (Å²) >= 11 is 1.73. The third-order valence-electron chi connectivity index (χ3n) is 4.55. The van der Waals surface area contributed by atoms with Crippen molar-refractivity contribution in [2.75, 3.05) is 39.4 Å². The molecule has 0 aromatic carbocycles. The molecule has 1 saturated heterocycles. The van der Waals surface area contributed by atoms with Crippen molar-refractivity contribution in [2.45, 2.75) is 47.2 Å². The Bertz CT molecular complexity index is 538. The van der Waals surface area contributed by atoms with Crippen molar-refractivity contribution < 1.29 is 4.74 Å². The minimum absolute atomic E-state index is 0. The zero-order chi connectivity index (χ0) is 18.2. The molecule has 0 spiro atoms. The number of aromatic nitrogens is 1. The lowest BCUT2D eigenvalue weighted by Gasteiger charge is -2.37. The number of hydrogen-bond acceptors (Lipinski definition) is 5. The van der Waals surface area contributed by atoms with Gasteiger partial charge in [0.15, 0.2) is 5.96 Å². The van der Waals surface area contributed by atoms with Gasteiger partial charge in [0.2, 0.25) is 0 Å². The van der Waals surface area contributed by atoms with Crippen molar-refractivity contribution in [3.05, 3.63) is 15.6 Å². The quantitative estimate of drug-likeness (QED) is 0.346. The van der Waals surface area contributed by atoms with Gasteiger partial charge in [0.05, 0.1) is 25.5 Å². The van der Waals surface area contributed by atoms with Gasteiger partial charge in [-0.2, -0.15) is 0 Å². The minimum atomic E-state index is 0. The van der Waals surface area contributed by atoms with Crippen molar-refractivity contribution in [3.8, 4) is 0 Å². The van der Waals surface area contributed by atoms with E-state index in [4.69, 9.17) is 9.73 Å². The Kier molecular flexibility index (Phi) is 11.0. The second-order valence-electron chi connectivity index (χ2n) is 6.78. The molecule has 0 aliphatic carbocycles. The van der Waals surface area contributed by atoms with Gasteiger partial charge in [-0.15, -0.1) is 35.3 Å². The molecule has 2 N–H and O–H groups in total. The number of nitrogens with zero attached hydrogens (tertiary/aromatic N) is 3. The van der Waals surface area contributed by atoms with Gasteiger partial charge in [0.25, 0.3) is 0 Å². The van der Waals surface area contributed by atoms with E-state index in [1.807, 2.05) is 0 Å². The topological polar surface area (TPSA) is 61.8 Å². The summed E-state index contributed by atoms with van der Waals surface area (Å²) < 4.78 is 5.49. The Morgan fingerprint density at radius 2 is 1.96 bits per heavy atom. The zero-order valence-corrected chi connectivity index (χ0v) is 19.8. The molecule has 8 heteroatoms. The van der Waals surface area contributed by atoms with E-state index in [2.05, 4.69) is 55.1 Å². The highest BCUT2D eigenvalue weighted by Crippen LogP contribution is 2.17. The average molecular weight is 495 g/mol. The molecular weight excluding hydrogens is 461 g/mol. The number of guanidine groups is 1. The first kappa shape index (κ1) is 23.6. The summed E-state index contributed by atoms with van der Waals surface area (Å²) in [5.74, 6) is 1.45. The molecule has 1 fully saturated rings. The zero-order valence-electron chi connectivity index (χ0n) is 16.7. The summed E-state index contributed by atoms with van der Waals surface area (Å²) in [6.07, 6.45) is 0. The molecule has 150 valence electrons. The predicted molar refractivity (Wildman–Crippen MR) is 121 cm³/mol. The fourth-order valence-electron chi connectivity index (χ4n) is 2.99. The number of halogens is 1. The van der Waals surface area contributed by atoms with Gasteiger partial charge < -0.3 is 15.4 Å². The summed E-state index contributed by atoms with van der Waals surface area (Å²) in [6.45, 7) is 16.9. The number of aliphatic imine (C=N–C) groups is 1. The lowest BCUT2D eigenvalue weighted by Crippen LogP contribution is -2.52. The second kappa shape index (κ2) is 12.1. The number of nitrogens with one attached hydrogen (secondary N) is 2. The predicted octanol–water partition coefficient (Wildman–Crippen LogP) is 2.79. The molecule has 1 aliphatic rings. The summed E-state index contributed by atoms with van der Waals surface area (Å²) in [6, 6.07) is 0.483. The normalized spacial score (nSPS) is 17.1. The van der Waals surface area contributed by atoms with E-state index in [-0.39, 0.29) is 24.0 Å². The van der Waals surface area contributed by atoms with Crippen LogP contribution in [0.15, 0.2) is 4.99 Å². The van der Waals surface area contributed by atoms with Crippen LogP contribution in [-0.4, -0.2) is 61.3 Å². The van der Waals surface area contributed by atoms with Crippen LogP contribution in [0.3, 0.4) is 0 Å². The van der Waals surface area contributed by atoms with E-state index in [1.54, 1.807) is 11.3 Å². The van der Waals surface area contributed by atoms with Gasteiger partial charge in [-0.25, -0.2) is 9.98 Å². The SMILES string of the molecule is CCNC(=NCc1nc(C)c(C)s1)NCC(C(C)C)N1CCOCC1.I. The molecule has 6 nitrogen and oxygen atoms in total. The summed E-state index contributed by atoms with van der Waals surface area (Å²) in [7, 11) is 0. The Balaban J connectivity index is 0.00000338. The van der Waals surface area contributed by atoms with Crippen LogP contribution in [0.25, 0.3) is 0 Å². The highest BCUT2D eigenvalue weighted by atomic mass is 127. The van der Waals surface area contributed by atoms with Crippen LogP contribution in [0.4, 0.5) is 0 Å². The van der Waals surface area contributed by atoms with Crippen LogP contribution in [-0.2, 0) is 11.3 Å². The summed E-state index contributed by atoms with van der Waals surface area (Å²) in [4.78, 5) is 13.1. The van der Waals surface area contributed by atoms with Gasteiger partial charge in [-0.1, -0.05) is 13.8 Å². The lowest BCUT2D eigenvalue weighted by molar-refractivity contribution is 0.00752. The van der Waals surface area contributed by atoms with E-state index < -0.39 is 0 Å². The van der Waals surface area contributed by atoms with Crippen molar-refractivity contribution in [1.82, 2.24) is 20.5 Å². The molecule has 0 saturated carbocycles. The van der Waals surface area contributed by atoms with Crippen molar-refractivity contribution in [3.63, 3.8) is 0 Å². The molecule has 1 unspecified atom stereocenters. The maximum atomic E-state index is 5.49. The minimum Gasteiger partial charge on any atom is -0.379 e. The van der Waals surface area contributed by atoms with Gasteiger partial charge in [-0.3, -0.25) is 4.90 Å². The van der Waals surface area contributed by atoms with Crippen LogP contribution < -0.4 is 10.6 Å². The Hall–Kier alpha value is -0.450. The van der Waals surface area contributed by atoms with Crippen LogP contribution in [0.2, 0.25) is 0 Å². The first-order valence-corrected chi connectivity index (χ1v) is 10.1. The van der Waals surface area contributed by atoms with Gasteiger partial charge in [-0.05, 0) is 26.7 Å². The third-order valence-corrected chi connectivity index (χ3v) is 5.61. The largest absolute Gasteiger partial charge is 0.379 e. The molecule has 1 atom stereocenters. The van der Waals surface area contributed by atoms with E-state index in [9.17, 15) is 0 Å². The number of thiazole rings is 1. The first-order chi connectivity index (χ1) is 12.0. The van der Waals surface area contributed by atoms with Crippen LogP contribution in [0, 0.1) is 19.8 Å². The van der Waals surface area contributed by atoms with E-state index >= 15 is 0 Å². The van der Waals surface area contributed by atoms with Crippen molar-refractivity contribution in [2.24, 2.45) is 10.9 Å². The van der Waals surface area contributed by atoms with Gasteiger partial charge >= 0.3 is 0 Å². The van der Waals surface area contributed by atoms with Crippen LogP contribution in [0.1, 0.15) is 36.3 Å². The smallest absolute Gasteiger partial charge is 0.191 e. The van der Waals surface area contributed by atoms with Crippen LogP contribution in [0.5, 0.6) is 0 Å². The maximum absolute atomic E-state index is 5.49. The number of aryl methyl sites for hydroxylation is 2. The lowest BCUT2D eigenvalue weighted by atomic mass is 10.0. The molecule has 0 amide bonds. The van der Waals surface area contributed by atoms with E-state index in [0.29, 0.717) is 18.5 Å². The molecule has 1 aromatic heterocycles. The molecule has 0 bridgehead atoms. The number of rotatable bonds is 7. The number of hydrogen-bond donors (Lipinski definition) is 2. The third kappa shape index (κ3) is 7.28. The standard InChI is InChI=1S/C18H33N5OS.HI/c1-6-19-18(21-12-17-22-14(4)15(5)25-17)20-11-16(13(2)3)23-7-9-24-10-8-23;/h13,16H,6-12H2,1-5H3,(H2,19,20,21);1H. The highest BCUT2D eigenvalue weighted by molar-refractivity contribution is 14.0. The average Bonchev–Trinajstić information content (AvgIpc) is 2.91. The number of ether oxygens (including phenoxy) is 1. The highest BCUT2D eigenvalue weighted by Gasteiger charge is 2.23. The Labute approximate surface area is 179 Å².